The summed E-state index contributed by atoms with van der Waals surface area (Å²) in [5.74, 6) is 0. The second-order valence-corrected chi connectivity index (χ2v) is 4.53. The van der Waals surface area contributed by atoms with Crippen molar-refractivity contribution < 1.29 is 0 Å². The first-order chi connectivity index (χ1) is 7.22. The van der Waals surface area contributed by atoms with Gasteiger partial charge < -0.3 is 5.73 Å². The highest BCUT2D eigenvalue weighted by atomic mass is 32.1. The van der Waals surface area contributed by atoms with Crippen LogP contribution < -0.4 is 5.73 Å². The van der Waals surface area contributed by atoms with Gasteiger partial charge in [0, 0.05) is 23.7 Å². The van der Waals surface area contributed by atoms with Gasteiger partial charge in [0.15, 0.2) is 0 Å². The summed E-state index contributed by atoms with van der Waals surface area (Å²) < 4.78 is 1.83. The summed E-state index contributed by atoms with van der Waals surface area (Å²) in [6.07, 6.45) is 2.94. The van der Waals surface area contributed by atoms with Crippen LogP contribution in [0.2, 0.25) is 0 Å². The normalized spacial score (nSPS) is 13.0. The third-order valence-electron chi connectivity index (χ3n) is 2.46. The largest absolute Gasteiger partial charge is 0.320 e. The number of aromatic nitrogens is 2. The first-order valence-electron chi connectivity index (χ1n) is 5.03. The molecule has 0 spiro atoms. The maximum absolute atomic E-state index is 6.21. The Balaban J connectivity index is 2.36. The van der Waals surface area contributed by atoms with E-state index in [0.717, 1.165) is 17.7 Å². The number of hydrogen-bond acceptors (Lipinski definition) is 3. The van der Waals surface area contributed by atoms with Gasteiger partial charge in [-0.1, -0.05) is 13.0 Å². The Morgan fingerprint density at radius 2 is 2.40 bits per heavy atom. The number of aryl methyl sites for hydroxylation is 2. The Hall–Kier alpha value is -1.13. The fraction of sp³-hybridized carbons (Fsp3) is 0.364. The van der Waals surface area contributed by atoms with E-state index in [-0.39, 0.29) is 6.04 Å². The Morgan fingerprint density at radius 1 is 1.60 bits per heavy atom. The van der Waals surface area contributed by atoms with Crippen LogP contribution in [0, 0.1) is 0 Å². The molecule has 80 valence electrons. The van der Waals surface area contributed by atoms with E-state index in [4.69, 9.17) is 5.73 Å². The first-order valence-corrected chi connectivity index (χ1v) is 5.91. The van der Waals surface area contributed by atoms with Crippen molar-refractivity contribution in [1.82, 2.24) is 9.78 Å². The molecule has 1 atom stereocenters. The molecule has 0 aliphatic carbocycles. The Bertz CT molecular complexity index is 431. The van der Waals surface area contributed by atoms with Crippen molar-refractivity contribution in [2.24, 2.45) is 12.8 Å². The molecule has 0 aliphatic heterocycles. The lowest BCUT2D eigenvalue weighted by Crippen LogP contribution is -2.11. The van der Waals surface area contributed by atoms with Crippen molar-refractivity contribution in [3.05, 3.63) is 39.8 Å². The van der Waals surface area contributed by atoms with Gasteiger partial charge in [0.2, 0.25) is 0 Å². The van der Waals surface area contributed by atoms with E-state index in [9.17, 15) is 0 Å². The minimum atomic E-state index is -0.0337. The van der Waals surface area contributed by atoms with E-state index in [1.807, 2.05) is 24.0 Å². The third kappa shape index (κ3) is 1.96. The molecule has 0 saturated heterocycles. The Kier molecular flexibility index (Phi) is 2.88. The fourth-order valence-corrected chi connectivity index (χ4v) is 2.45. The molecule has 0 radical (unpaired) electrons. The van der Waals surface area contributed by atoms with Crippen LogP contribution >= 0.6 is 11.3 Å². The van der Waals surface area contributed by atoms with Crippen molar-refractivity contribution in [2.45, 2.75) is 19.4 Å². The Labute approximate surface area is 93.5 Å². The van der Waals surface area contributed by atoms with Crippen molar-refractivity contribution in [3.63, 3.8) is 0 Å². The lowest BCUT2D eigenvalue weighted by molar-refractivity contribution is 0.746. The standard InChI is InChI=1S/C11H15N3S/c1-3-9-8(7-14(2)13-9)11(12)10-5-4-6-15-10/h4-7,11H,3,12H2,1-2H3. The number of hydrogen-bond donors (Lipinski definition) is 1. The van der Waals surface area contributed by atoms with E-state index in [2.05, 4.69) is 23.5 Å². The van der Waals surface area contributed by atoms with Gasteiger partial charge in [0.05, 0.1) is 11.7 Å². The summed E-state index contributed by atoms with van der Waals surface area (Å²) in [7, 11) is 1.93. The van der Waals surface area contributed by atoms with Crippen molar-refractivity contribution >= 4 is 11.3 Å². The van der Waals surface area contributed by atoms with Crippen molar-refractivity contribution in [1.29, 1.82) is 0 Å². The predicted octanol–water partition coefficient (Wildman–Crippen LogP) is 2.09. The molecule has 1 unspecified atom stereocenters. The quantitative estimate of drug-likeness (QED) is 0.862. The van der Waals surface area contributed by atoms with Crippen LogP contribution in [-0.4, -0.2) is 9.78 Å². The zero-order chi connectivity index (χ0) is 10.8. The first kappa shape index (κ1) is 10.4. The van der Waals surface area contributed by atoms with Gasteiger partial charge in [-0.3, -0.25) is 4.68 Å². The van der Waals surface area contributed by atoms with Crippen LogP contribution in [0.25, 0.3) is 0 Å². The molecule has 0 fully saturated rings. The lowest BCUT2D eigenvalue weighted by Gasteiger charge is -2.08. The van der Waals surface area contributed by atoms with Crippen LogP contribution in [0.5, 0.6) is 0 Å². The van der Waals surface area contributed by atoms with Crippen LogP contribution in [-0.2, 0) is 13.5 Å². The zero-order valence-corrected chi connectivity index (χ0v) is 9.79. The minimum Gasteiger partial charge on any atom is -0.320 e. The molecule has 2 N–H and O–H groups in total. The molecule has 2 heterocycles. The van der Waals surface area contributed by atoms with Crippen LogP contribution in [0.15, 0.2) is 23.7 Å². The molecule has 0 amide bonds. The smallest absolute Gasteiger partial charge is 0.0679 e. The molecular weight excluding hydrogens is 206 g/mol. The van der Waals surface area contributed by atoms with E-state index >= 15 is 0 Å². The van der Waals surface area contributed by atoms with Gasteiger partial charge in [-0.15, -0.1) is 11.3 Å². The van der Waals surface area contributed by atoms with E-state index in [1.54, 1.807) is 11.3 Å². The van der Waals surface area contributed by atoms with E-state index < -0.39 is 0 Å². The highest BCUT2D eigenvalue weighted by Gasteiger charge is 2.16. The second kappa shape index (κ2) is 4.16. The highest BCUT2D eigenvalue weighted by Crippen LogP contribution is 2.25. The molecule has 15 heavy (non-hydrogen) atoms. The molecule has 2 aromatic heterocycles. The molecule has 0 aromatic carbocycles. The second-order valence-electron chi connectivity index (χ2n) is 3.55. The third-order valence-corrected chi connectivity index (χ3v) is 3.41. The number of thiophene rings is 1. The lowest BCUT2D eigenvalue weighted by atomic mass is 10.1. The topological polar surface area (TPSA) is 43.8 Å². The van der Waals surface area contributed by atoms with Gasteiger partial charge in [0.1, 0.15) is 0 Å². The maximum Gasteiger partial charge on any atom is 0.0679 e. The van der Waals surface area contributed by atoms with Gasteiger partial charge in [0.25, 0.3) is 0 Å². The highest BCUT2D eigenvalue weighted by molar-refractivity contribution is 7.10. The van der Waals surface area contributed by atoms with Crippen LogP contribution in [0.4, 0.5) is 0 Å². The summed E-state index contributed by atoms with van der Waals surface area (Å²) >= 11 is 1.69. The molecule has 2 rings (SSSR count). The molecule has 4 heteroatoms. The summed E-state index contributed by atoms with van der Waals surface area (Å²) in [5, 5.41) is 6.45. The van der Waals surface area contributed by atoms with E-state index in [0.29, 0.717) is 0 Å². The van der Waals surface area contributed by atoms with Gasteiger partial charge in [-0.05, 0) is 17.9 Å². The molecule has 2 aromatic rings. The predicted molar refractivity (Wildman–Crippen MR) is 62.9 cm³/mol. The van der Waals surface area contributed by atoms with E-state index in [1.165, 1.54) is 4.88 Å². The van der Waals surface area contributed by atoms with Gasteiger partial charge >= 0.3 is 0 Å². The average molecular weight is 221 g/mol. The maximum atomic E-state index is 6.21. The number of rotatable bonds is 3. The molecule has 0 saturated carbocycles. The average Bonchev–Trinajstić information content (AvgIpc) is 2.84. The number of nitrogens with two attached hydrogens (primary N) is 1. The SMILES string of the molecule is CCc1nn(C)cc1C(N)c1cccs1. The fourth-order valence-electron chi connectivity index (χ4n) is 1.71. The summed E-state index contributed by atoms with van der Waals surface area (Å²) in [6, 6.07) is 4.07. The summed E-state index contributed by atoms with van der Waals surface area (Å²) in [4.78, 5) is 1.19. The molecule has 3 nitrogen and oxygen atoms in total. The van der Waals surface area contributed by atoms with Gasteiger partial charge in [-0.25, -0.2) is 0 Å². The zero-order valence-electron chi connectivity index (χ0n) is 8.97. The van der Waals surface area contributed by atoms with Crippen molar-refractivity contribution in [2.75, 3.05) is 0 Å². The Morgan fingerprint density at radius 3 is 3.00 bits per heavy atom. The summed E-state index contributed by atoms with van der Waals surface area (Å²) in [5.41, 5.74) is 8.44. The van der Waals surface area contributed by atoms with Crippen LogP contribution in [0.1, 0.15) is 29.1 Å². The summed E-state index contributed by atoms with van der Waals surface area (Å²) in [6.45, 7) is 2.10. The minimum absolute atomic E-state index is 0.0337. The van der Waals surface area contributed by atoms with Gasteiger partial charge in [-0.2, -0.15) is 5.10 Å². The molecule has 0 bridgehead atoms. The molecular formula is C11H15N3S. The number of nitrogens with zero attached hydrogens (tertiary/aromatic N) is 2. The van der Waals surface area contributed by atoms with Crippen molar-refractivity contribution in [3.8, 4) is 0 Å². The van der Waals surface area contributed by atoms with Crippen LogP contribution in [0.3, 0.4) is 0 Å². The molecule has 0 aliphatic rings. The monoisotopic (exact) mass is 221 g/mol.